The molecule has 0 bridgehead atoms. The van der Waals surface area contributed by atoms with Crippen LogP contribution in [0.25, 0.3) is 0 Å². The summed E-state index contributed by atoms with van der Waals surface area (Å²) in [6.07, 6.45) is 7.89. The zero-order valence-corrected chi connectivity index (χ0v) is 20.8. The molecule has 0 unspecified atom stereocenters. The van der Waals surface area contributed by atoms with Gasteiger partial charge in [-0.15, -0.1) is 11.8 Å². The monoisotopic (exact) mass is 474 g/mol. The van der Waals surface area contributed by atoms with Gasteiger partial charge in [0.15, 0.2) is 0 Å². The predicted octanol–water partition coefficient (Wildman–Crippen LogP) is 7.61. The number of nitriles is 1. The summed E-state index contributed by atoms with van der Waals surface area (Å²) in [7, 11) is -3.11. The van der Waals surface area contributed by atoms with E-state index in [0.29, 0.717) is 27.7 Å². The van der Waals surface area contributed by atoms with Crippen LogP contribution in [0.1, 0.15) is 57.9 Å². The fourth-order valence-corrected chi connectivity index (χ4v) is 7.31. The summed E-state index contributed by atoms with van der Waals surface area (Å²) in [4.78, 5) is 3.28. The number of unbranched alkanes of at least 4 members (excludes halogenated alkanes) is 2. The lowest BCUT2D eigenvalue weighted by atomic mass is 9.79. The molecule has 1 aliphatic rings. The van der Waals surface area contributed by atoms with Crippen molar-refractivity contribution >= 4 is 33.7 Å². The van der Waals surface area contributed by atoms with Gasteiger partial charge in [-0.05, 0) is 49.4 Å². The van der Waals surface area contributed by atoms with E-state index in [-0.39, 0.29) is 11.2 Å². The Balaban J connectivity index is 2.22. The number of nitrogens with zero attached hydrogens (tertiary/aromatic N) is 2. The maximum Gasteiger partial charge on any atom is 0.131 e. The largest absolute Gasteiger partial charge is 0.507 e. The van der Waals surface area contributed by atoms with E-state index in [1.165, 1.54) is 11.8 Å². The molecule has 1 aliphatic heterocycles. The van der Waals surface area contributed by atoms with E-state index < -0.39 is 10.6 Å². The molecule has 5 nitrogen and oxygen atoms in total. The Morgan fingerprint density at radius 3 is 2.25 bits per heavy atom. The van der Waals surface area contributed by atoms with E-state index >= 15 is 0 Å². The molecule has 0 saturated heterocycles. The molecule has 32 heavy (non-hydrogen) atoms. The van der Waals surface area contributed by atoms with Crippen molar-refractivity contribution in [3.05, 3.63) is 42.0 Å². The Bertz CT molecular complexity index is 962. The van der Waals surface area contributed by atoms with Gasteiger partial charge in [-0.3, -0.25) is 9.11 Å². The second kappa shape index (κ2) is 10.4. The molecule has 0 saturated carbocycles. The fourth-order valence-electron chi connectivity index (χ4n) is 4.62. The number of benzene rings is 2. The van der Waals surface area contributed by atoms with Gasteiger partial charge in [0.05, 0.1) is 27.1 Å². The third-order valence-corrected chi connectivity index (χ3v) is 9.15. The van der Waals surface area contributed by atoms with Crippen molar-refractivity contribution in [2.75, 3.05) is 23.5 Å². The molecule has 0 amide bonds. The van der Waals surface area contributed by atoms with Crippen LogP contribution in [-0.4, -0.2) is 32.8 Å². The van der Waals surface area contributed by atoms with Crippen LogP contribution in [0.4, 0.5) is 11.4 Å². The Hall–Kier alpha value is -1.85. The van der Waals surface area contributed by atoms with E-state index in [9.17, 15) is 19.5 Å². The number of phenolic OH excluding ortho intramolecular Hbond substituents is 1. The summed E-state index contributed by atoms with van der Waals surface area (Å²) < 4.78 is 22.9. The van der Waals surface area contributed by atoms with E-state index in [0.717, 1.165) is 49.9 Å². The average Bonchev–Trinajstić information content (AvgIpc) is 2.88. The third-order valence-electron chi connectivity index (χ3n) is 6.33. The number of hydrogen-bond donors (Lipinski definition) is 3. The van der Waals surface area contributed by atoms with Crippen LogP contribution in [-0.2, 0) is 0 Å². The van der Waals surface area contributed by atoms with Crippen molar-refractivity contribution in [1.29, 1.82) is 5.26 Å². The zero-order chi connectivity index (χ0) is 23.4. The lowest BCUT2D eigenvalue weighted by Gasteiger charge is -2.42. The molecule has 3 rings (SSSR count). The lowest BCUT2D eigenvalue weighted by molar-refractivity contribution is 0.264. The number of phenols is 1. The number of rotatable bonds is 8. The van der Waals surface area contributed by atoms with Crippen molar-refractivity contribution < 1.29 is 14.2 Å². The predicted molar refractivity (Wildman–Crippen MR) is 136 cm³/mol. The molecule has 0 spiro atoms. The topological polar surface area (TPSA) is 87.7 Å². The van der Waals surface area contributed by atoms with Crippen LogP contribution in [0, 0.1) is 16.7 Å². The summed E-state index contributed by atoms with van der Waals surface area (Å²) in [6, 6.07) is 13.0. The van der Waals surface area contributed by atoms with Gasteiger partial charge in [0.1, 0.15) is 5.75 Å². The molecular formula is C25H34N2O3S2. The quantitative estimate of drug-likeness (QED) is 0.341. The second-order valence-corrected chi connectivity index (χ2v) is 11.7. The minimum Gasteiger partial charge on any atom is -0.507 e. The minimum absolute atomic E-state index is 0.0746. The number of aromatic hydroxyl groups is 1. The summed E-state index contributed by atoms with van der Waals surface area (Å²) in [5, 5.41) is 19.8. The highest BCUT2D eigenvalue weighted by Gasteiger charge is 2.42. The van der Waals surface area contributed by atoms with E-state index in [4.69, 9.17) is 0 Å². The minimum atomic E-state index is -3.11. The van der Waals surface area contributed by atoms with Crippen molar-refractivity contribution in [2.24, 2.45) is 5.41 Å². The first-order valence-electron chi connectivity index (χ1n) is 11.2. The first-order valence-corrected chi connectivity index (χ1v) is 14.2. The third kappa shape index (κ3) is 5.20. The van der Waals surface area contributed by atoms with Gasteiger partial charge in [-0.2, -0.15) is 15.9 Å². The van der Waals surface area contributed by atoms with Crippen LogP contribution in [0.2, 0.25) is 0 Å². The molecule has 1 heterocycles. The van der Waals surface area contributed by atoms with E-state index in [1.54, 1.807) is 18.2 Å². The van der Waals surface area contributed by atoms with Crippen molar-refractivity contribution in [3.8, 4) is 11.8 Å². The molecule has 0 atom stereocenters. The number of fused-ring (bicyclic) bond motifs is 1. The Morgan fingerprint density at radius 1 is 1.09 bits per heavy atom. The summed E-state index contributed by atoms with van der Waals surface area (Å²) in [5.74, 6) is 0.378. The van der Waals surface area contributed by atoms with Gasteiger partial charge in [0.2, 0.25) is 0 Å². The number of anilines is 2. The molecule has 7 heteroatoms. The van der Waals surface area contributed by atoms with Gasteiger partial charge >= 0.3 is 0 Å². The van der Waals surface area contributed by atoms with E-state index in [1.807, 2.05) is 24.5 Å². The van der Waals surface area contributed by atoms with E-state index in [2.05, 4.69) is 24.8 Å². The van der Waals surface area contributed by atoms with Gasteiger partial charge in [-0.1, -0.05) is 39.5 Å². The highest BCUT2D eigenvalue weighted by Crippen LogP contribution is 2.62. The summed E-state index contributed by atoms with van der Waals surface area (Å²) in [5.41, 5.74) is 1.98. The fraction of sp³-hybridized carbons (Fsp3) is 0.480. The number of thioether (sulfide) groups is 1. The second-order valence-electron chi connectivity index (χ2n) is 8.75. The molecule has 0 aliphatic carbocycles. The highest BCUT2D eigenvalue weighted by atomic mass is 32.3. The molecule has 0 aromatic heterocycles. The standard InChI is InChI=1S/C25H34N2O3S2/c1-4-6-12-25(13-7-5-2)17-27(20-10-8-19(16-26)9-11-20)21-14-23(31-3)22(28)15-24(21)32(29,30)18-25/h8-11,14-15,28-30H,4-7,12-13,17-18H2,1-3H3. The lowest BCUT2D eigenvalue weighted by Crippen LogP contribution is -2.37. The van der Waals surface area contributed by atoms with Crippen LogP contribution < -0.4 is 4.90 Å². The van der Waals surface area contributed by atoms with Gasteiger partial charge in [-0.25, -0.2) is 0 Å². The first kappa shape index (κ1) is 24.8. The molecule has 3 N–H and O–H groups in total. The normalized spacial score (nSPS) is 17.8. The van der Waals surface area contributed by atoms with Crippen molar-refractivity contribution in [2.45, 2.75) is 62.2 Å². The van der Waals surface area contributed by atoms with Crippen molar-refractivity contribution in [1.82, 2.24) is 0 Å². The first-order chi connectivity index (χ1) is 15.3. The van der Waals surface area contributed by atoms with Crippen LogP contribution in [0.5, 0.6) is 5.75 Å². The summed E-state index contributed by atoms with van der Waals surface area (Å²) in [6.45, 7) is 5.00. The summed E-state index contributed by atoms with van der Waals surface area (Å²) >= 11 is 1.43. The molecule has 2 aromatic rings. The Kier molecular flexibility index (Phi) is 8.05. The van der Waals surface area contributed by atoms with Gasteiger partial charge < -0.3 is 10.0 Å². The van der Waals surface area contributed by atoms with Gasteiger partial charge in [0.25, 0.3) is 0 Å². The number of hydrogen-bond acceptors (Lipinski definition) is 6. The maximum atomic E-state index is 11.4. The zero-order valence-electron chi connectivity index (χ0n) is 19.2. The molecule has 0 fully saturated rings. The van der Waals surface area contributed by atoms with Crippen LogP contribution in [0.15, 0.2) is 46.2 Å². The average molecular weight is 475 g/mol. The molecule has 2 aromatic carbocycles. The SMILES string of the molecule is CCCCC1(CCCC)CN(c2ccc(C#N)cc2)c2cc(SC)c(O)cc2S(O)(O)C1. The Morgan fingerprint density at radius 2 is 1.72 bits per heavy atom. The van der Waals surface area contributed by atoms with Crippen LogP contribution >= 0.6 is 22.4 Å². The van der Waals surface area contributed by atoms with Gasteiger partial charge in [0, 0.05) is 29.5 Å². The molecule has 174 valence electrons. The highest BCUT2D eigenvalue weighted by molar-refractivity contribution is 8.24. The Labute approximate surface area is 197 Å². The molecular weight excluding hydrogens is 440 g/mol. The van der Waals surface area contributed by atoms with Crippen molar-refractivity contribution in [3.63, 3.8) is 0 Å². The smallest absolute Gasteiger partial charge is 0.131 e. The van der Waals surface area contributed by atoms with Crippen LogP contribution in [0.3, 0.4) is 0 Å². The molecule has 0 radical (unpaired) electrons. The maximum absolute atomic E-state index is 11.4.